The Balaban J connectivity index is 1.44. The van der Waals surface area contributed by atoms with Crippen LogP contribution in [0.25, 0.3) is 5.69 Å². The zero-order valence-corrected chi connectivity index (χ0v) is 16.7. The molecule has 1 aromatic heterocycles. The quantitative estimate of drug-likeness (QED) is 0.639. The van der Waals surface area contributed by atoms with Crippen molar-refractivity contribution in [2.75, 3.05) is 19.5 Å². The molecule has 0 unspecified atom stereocenters. The Morgan fingerprint density at radius 1 is 1.25 bits per heavy atom. The molecule has 0 bridgehead atoms. The van der Waals surface area contributed by atoms with E-state index in [1.807, 2.05) is 35.2 Å². The molecule has 1 aliphatic rings. The molecule has 0 saturated heterocycles. The summed E-state index contributed by atoms with van der Waals surface area (Å²) in [6.45, 7) is 1.31. The Morgan fingerprint density at radius 3 is 2.82 bits per heavy atom. The maximum absolute atomic E-state index is 12.5. The molecule has 0 atom stereocenters. The number of halogens is 1. The van der Waals surface area contributed by atoms with Crippen LogP contribution in [0.5, 0.6) is 11.5 Å². The predicted molar refractivity (Wildman–Crippen MR) is 109 cm³/mol. The normalized spacial score (nSPS) is 12.6. The van der Waals surface area contributed by atoms with Gasteiger partial charge < -0.3 is 14.8 Å². The molecule has 0 aliphatic carbocycles. The van der Waals surface area contributed by atoms with Gasteiger partial charge in [-0.25, -0.2) is 4.98 Å². The number of hydrogen-bond donors (Lipinski definition) is 1. The van der Waals surface area contributed by atoms with Gasteiger partial charge >= 0.3 is 0 Å². The van der Waals surface area contributed by atoms with Crippen LogP contribution in [-0.4, -0.2) is 34.9 Å². The van der Waals surface area contributed by atoms with Crippen LogP contribution in [0.3, 0.4) is 0 Å². The van der Waals surface area contributed by atoms with Crippen LogP contribution in [0.1, 0.15) is 15.9 Å². The van der Waals surface area contributed by atoms with Crippen LogP contribution < -0.4 is 14.8 Å². The van der Waals surface area contributed by atoms with Crippen molar-refractivity contribution in [3.8, 4) is 17.2 Å². The van der Waals surface area contributed by atoms with Gasteiger partial charge in [0.1, 0.15) is 13.2 Å². The van der Waals surface area contributed by atoms with Crippen LogP contribution in [0.4, 0.5) is 0 Å². The molecule has 144 valence electrons. The molecular formula is C20H18ClN3O3S. The number of carbonyl (C=O) groups excluding carboxylic acids is 1. The molecule has 4 rings (SSSR count). The van der Waals surface area contributed by atoms with E-state index in [-0.39, 0.29) is 5.91 Å². The number of rotatable bonds is 5. The molecule has 1 N–H and O–H groups in total. The zero-order chi connectivity index (χ0) is 19.5. The zero-order valence-electron chi connectivity index (χ0n) is 15.1. The largest absolute Gasteiger partial charge is 0.486 e. The summed E-state index contributed by atoms with van der Waals surface area (Å²) in [7, 11) is 0. The number of thioether (sulfide) groups is 1. The number of nitrogens with one attached hydrogen (secondary N) is 1. The number of imidazole rings is 1. The third kappa shape index (κ3) is 3.81. The molecule has 0 saturated carbocycles. The number of hydrogen-bond acceptors (Lipinski definition) is 5. The lowest BCUT2D eigenvalue weighted by Crippen LogP contribution is -2.23. The lowest BCUT2D eigenvalue weighted by atomic mass is 10.1. The highest BCUT2D eigenvalue weighted by molar-refractivity contribution is 7.98. The number of fused-ring (bicyclic) bond motifs is 1. The first-order chi connectivity index (χ1) is 13.7. The fourth-order valence-electron chi connectivity index (χ4n) is 2.96. The molecular weight excluding hydrogens is 398 g/mol. The van der Waals surface area contributed by atoms with E-state index in [0.717, 1.165) is 16.4 Å². The summed E-state index contributed by atoms with van der Waals surface area (Å²) in [5.74, 6) is 1.01. The molecule has 0 radical (unpaired) electrons. The summed E-state index contributed by atoms with van der Waals surface area (Å²) in [5.41, 5.74) is 2.39. The van der Waals surface area contributed by atoms with Crippen molar-refractivity contribution in [3.63, 3.8) is 0 Å². The lowest BCUT2D eigenvalue weighted by Gasteiger charge is -2.20. The van der Waals surface area contributed by atoms with Gasteiger partial charge in [0, 0.05) is 30.2 Å². The summed E-state index contributed by atoms with van der Waals surface area (Å²) in [4.78, 5) is 16.8. The van der Waals surface area contributed by atoms with Crippen LogP contribution in [0.15, 0.2) is 53.9 Å². The smallest absolute Gasteiger partial charge is 0.251 e. The minimum atomic E-state index is -0.159. The topological polar surface area (TPSA) is 65.4 Å². The van der Waals surface area contributed by atoms with E-state index in [2.05, 4.69) is 10.3 Å². The Bertz CT molecular complexity index is 1000. The third-order valence-corrected chi connectivity index (χ3v) is 5.25. The highest BCUT2D eigenvalue weighted by Crippen LogP contribution is 2.38. The van der Waals surface area contributed by atoms with E-state index in [1.54, 1.807) is 36.2 Å². The van der Waals surface area contributed by atoms with Gasteiger partial charge in [-0.15, -0.1) is 0 Å². The summed E-state index contributed by atoms with van der Waals surface area (Å²) in [6, 6.07) is 11.0. The van der Waals surface area contributed by atoms with Gasteiger partial charge in [-0.05, 0) is 48.2 Å². The third-order valence-electron chi connectivity index (χ3n) is 4.31. The average molecular weight is 416 g/mol. The van der Waals surface area contributed by atoms with Gasteiger partial charge in [-0.3, -0.25) is 9.36 Å². The van der Waals surface area contributed by atoms with Crippen molar-refractivity contribution in [2.45, 2.75) is 11.7 Å². The van der Waals surface area contributed by atoms with Gasteiger partial charge in [0.2, 0.25) is 0 Å². The average Bonchev–Trinajstić information content (AvgIpc) is 3.21. The molecule has 0 fully saturated rings. The number of benzene rings is 2. The van der Waals surface area contributed by atoms with E-state index < -0.39 is 0 Å². The highest BCUT2D eigenvalue weighted by Gasteiger charge is 2.17. The molecule has 1 aliphatic heterocycles. The Kier molecular flexibility index (Phi) is 5.45. The first kappa shape index (κ1) is 18.7. The molecule has 2 aromatic carbocycles. The predicted octanol–water partition coefficient (Wildman–Crippen LogP) is 3.95. The maximum atomic E-state index is 12.5. The van der Waals surface area contributed by atoms with Gasteiger partial charge in [-0.2, -0.15) is 0 Å². The minimum absolute atomic E-state index is 0.159. The number of nitrogens with zero attached hydrogens (tertiary/aromatic N) is 2. The number of ether oxygens (including phenoxy) is 2. The van der Waals surface area contributed by atoms with Gasteiger partial charge in [0.05, 0.1) is 5.02 Å². The maximum Gasteiger partial charge on any atom is 0.251 e. The van der Waals surface area contributed by atoms with E-state index in [9.17, 15) is 4.79 Å². The van der Waals surface area contributed by atoms with Gasteiger partial charge in [0.25, 0.3) is 5.91 Å². The monoisotopic (exact) mass is 415 g/mol. The van der Waals surface area contributed by atoms with Crippen LogP contribution in [-0.2, 0) is 6.54 Å². The number of amides is 1. The fraction of sp³-hybridized carbons (Fsp3) is 0.200. The fourth-order valence-corrected chi connectivity index (χ4v) is 3.78. The molecule has 8 heteroatoms. The highest BCUT2D eigenvalue weighted by atomic mass is 35.5. The SMILES string of the molecule is CSc1nccn1-c1ccc(C(=O)NCc2cc(Cl)c3c(c2)OCCO3)cc1. The molecule has 28 heavy (non-hydrogen) atoms. The standard InChI is InChI=1S/C20H18ClN3O3S/c1-28-20-22-6-7-24(20)15-4-2-14(3-5-15)19(25)23-12-13-10-16(21)18-17(11-13)26-8-9-27-18/h2-7,10-11H,8-9,12H2,1H3,(H,23,25). The second kappa shape index (κ2) is 8.16. The first-order valence-electron chi connectivity index (χ1n) is 8.69. The lowest BCUT2D eigenvalue weighted by molar-refractivity contribution is 0.0951. The van der Waals surface area contributed by atoms with Crippen molar-refractivity contribution in [3.05, 3.63) is 64.9 Å². The van der Waals surface area contributed by atoms with Crippen molar-refractivity contribution in [1.29, 1.82) is 0 Å². The van der Waals surface area contributed by atoms with Crippen molar-refractivity contribution in [1.82, 2.24) is 14.9 Å². The van der Waals surface area contributed by atoms with Crippen LogP contribution in [0, 0.1) is 0 Å². The van der Waals surface area contributed by atoms with Crippen LogP contribution >= 0.6 is 23.4 Å². The summed E-state index contributed by atoms with van der Waals surface area (Å²) in [5, 5.41) is 4.29. The van der Waals surface area contributed by atoms with Crippen molar-refractivity contribution >= 4 is 29.3 Å². The Morgan fingerprint density at radius 2 is 2.04 bits per heavy atom. The molecule has 6 nitrogen and oxygen atoms in total. The van der Waals surface area contributed by atoms with Gasteiger partial charge in [0.15, 0.2) is 16.7 Å². The van der Waals surface area contributed by atoms with Crippen molar-refractivity contribution < 1.29 is 14.3 Å². The summed E-state index contributed by atoms with van der Waals surface area (Å²) in [6.07, 6.45) is 5.63. The molecule has 0 spiro atoms. The first-order valence-corrected chi connectivity index (χ1v) is 10.3. The van der Waals surface area contributed by atoms with Crippen molar-refractivity contribution in [2.24, 2.45) is 0 Å². The molecule has 3 aromatic rings. The van der Waals surface area contributed by atoms with E-state index >= 15 is 0 Å². The number of carbonyl (C=O) groups is 1. The van der Waals surface area contributed by atoms with Gasteiger partial charge in [-0.1, -0.05) is 23.4 Å². The second-order valence-electron chi connectivity index (χ2n) is 6.12. The second-order valence-corrected chi connectivity index (χ2v) is 7.30. The Hall–Kier alpha value is -2.64. The Labute approximate surface area is 171 Å². The molecule has 1 amide bonds. The van der Waals surface area contributed by atoms with Crippen LogP contribution in [0.2, 0.25) is 5.02 Å². The van der Waals surface area contributed by atoms with E-state index in [0.29, 0.717) is 41.8 Å². The summed E-state index contributed by atoms with van der Waals surface area (Å²) >= 11 is 7.81. The number of aromatic nitrogens is 2. The molecule has 2 heterocycles. The van der Waals surface area contributed by atoms with E-state index in [1.165, 1.54) is 0 Å². The van der Waals surface area contributed by atoms with E-state index in [4.69, 9.17) is 21.1 Å². The minimum Gasteiger partial charge on any atom is -0.486 e. The summed E-state index contributed by atoms with van der Waals surface area (Å²) < 4.78 is 13.1.